The number of aromatic nitrogens is 1. The van der Waals surface area contributed by atoms with Crippen LogP contribution in [-0.2, 0) is 0 Å². The molecule has 2 rings (SSSR count). The van der Waals surface area contributed by atoms with Gasteiger partial charge in [0.15, 0.2) is 0 Å². The number of nitro groups is 1. The lowest BCUT2D eigenvalue weighted by molar-refractivity contribution is -0.385. The van der Waals surface area contributed by atoms with E-state index in [9.17, 15) is 10.1 Å². The molecule has 19 heavy (non-hydrogen) atoms. The zero-order valence-corrected chi connectivity index (χ0v) is 11.4. The van der Waals surface area contributed by atoms with Gasteiger partial charge in [0.25, 0.3) is 5.69 Å². The van der Waals surface area contributed by atoms with Gasteiger partial charge in [-0.1, -0.05) is 0 Å². The lowest BCUT2D eigenvalue weighted by Crippen LogP contribution is -2.41. The first kappa shape index (κ1) is 13.7. The molecule has 0 aromatic carbocycles. The summed E-state index contributed by atoms with van der Waals surface area (Å²) in [4.78, 5) is 16.6. The molecule has 1 aromatic rings. The van der Waals surface area contributed by atoms with E-state index in [0.717, 1.165) is 18.9 Å². The summed E-state index contributed by atoms with van der Waals surface area (Å²) in [6, 6.07) is 4.04. The van der Waals surface area contributed by atoms with Crippen LogP contribution in [-0.4, -0.2) is 35.1 Å². The van der Waals surface area contributed by atoms with Crippen molar-refractivity contribution in [3.05, 3.63) is 28.4 Å². The molecule has 0 bridgehead atoms. The van der Waals surface area contributed by atoms with E-state index < -0.39 is 4.92 Å². The molecule has 1 fully saturated rings. The summed E-state index contributed by atoms with van der Waals surface area (Å²) >= 11 is 0. The van der Waals surface area contributed by atoms with E-state index in [1.165, 1.54) is 25.1 Å². The van der Waals surface area contributed by atoms with Crippen LogP contribution in [0.3, 0.4) is 0 Å². The van der Waals surface area contributed by atoms with E-state index >= 15 is 0 Å². The van der Waals surface area contributed by atoms with Gasteiger partial charge in [0.2, 0.25) is 0 Å². The molecule has 1 aliphatic rings. The molecule has 1 aliphatic heterocycles. The summed E-state index contributed by atoms with van der Waals surface area (Å²) in [7, 11) is 0. The molecule has 1 saturated heterocycles. The van der Waals surface area contributed by atoms with Gasteiger partial charge in [-0.05, 0) is 39.3 Å². The second kappa shape index (κ2) is 5.97. The molecule has 6 heteroatoms. The van der Waals surface area contributed by atoms with Crippen LogP contribution in [0, 0.1) is 10.1 Å². The highest BCUT2D eigenvalue weighted by Crippen LogP contribution is 2.19. The highest BCUT2D eigenvalue weighted by atomic mass is 16.6. The monoisotopic (exact) mass is 264 g/mol. The van der Waals surface area contributed by atoms with Crippen molar-refractivity contribution in [1.29, 1.82) is 0 Å². The van der Waals surface area contributed by atoms with Crippen molar-refractivity contribution in [1.82, 2.24) is 10.3 Å². The summed E-state index contributed by atoms with van der Waals surface area (Å²) in [5.74, 6) is 0.800. The Morgan fingerprint density at radius 3 is 2.84 bits per heavy atom. The zero-order valence-electron chi connectivity index (χ0n) is 11.4. The first-order chi connectivity index (χ1) is 9.08. The quantitative estimate of drug-likeness (QED) is 0.650. The van der Waals surface area contributed by atoms with Crippen LogP contribution in [0.5, 0.6) is 0 Å². The first-order valence-electron chi connectivity index (χ1n) is 6.68. The van der Waals surface area contributed by atoms with Crippen LogP contribution in [0.1, 0.15) is 26.7 Å². The Morgan fingerprint density at radius 1 is 1.58 bits per heavy atom. The van der Waals surface area contributed by atoms with Crippen LogP contribution in [0.4, 0.5) is 11.5 Å². The topological polar surface area (TPSA) is 71.3 Å². The smallest absolute Gasteiger partial charge is 0.287 e. The average Bonchev–Trinajstić information content (AvgIpc) is 2.88. The SMILES string of the molecule is CC(C)N(CC1CCCN1)c1ccc([N+](=O)[O-])cn1. The number of pyridine rings is 1. The molecule has 0 radical (unpaired) electrons. The molecular weight excluding hydrogens is 244 g/mol. The van der Waals surface area contributed by atoms with Gasteiger partial charge in [-0.3, -0.25) is 10.1 Å². The Labute approximate surface area is 113 Å². The molecule has 1 atom stereocenters. The number of anilines is 1. The third-order valence-electron chi connectivity index (χ3n) is 3.44. The number of rotatable bonds is 5. The maximum absolute atomic E-state index is 10.6. The van der Waals surface area contributed by atoms with E-state index in [-0.39, 0.29) is 5.69 Å². The maximum Gasteiger partial charge on any atom is 0.287 e. The fraction of sp³-hybridized carbons (Fsp3) is 0.615. The molecule has 104 valence electrons. The number of nitrogens with zero attached hydrogens (tertiary/aromatic N) is 3. The molecule has 0 saturated carbocycles. The van der Waals surface area contributed by atoms with Crippen molar-refractivity contribution in [3.8, 4) is 0 Å². The van der Waals surface area contributed by atoms with E-state index in [2.05, 4.69) is 29.0 Å². The minimum Gasteiger partial charge on any atom is -0.353 e. The standard InChI is InChI=1S/C13H20N4O2/c1-10(2)16(9-11-4-3-7-14-11)13-6-5-12(8-15-13)17(18)19/h5-6,8,10-11,14H,3-4,7,9H2,1-2H3. The van der Waals surface area contributed by atoms with E-state index in [4.69, 9.17) is 0 Å². The highest BCUT2D eigenvalue weighted by molar-refractivity contribution is 5.43. The minimum atomic E-state index is -0.422. The summed E-state index contributed by atoms with van der Waals surface area (Å²) in [5, 5.41) is 14.1. The summed E-state index contributed by atoms with van der Waals surface area (Å²) in [6.45, 7) is 6.18. The van der Waals surface area contributed by atoms with Crippen LogP contribution < -0.4 is 10.2 Å². The van der Waals surface area contributed by atoms with Gasteiger partial charge < -0.3 is 10.2 Å². The van der Waals surface area contributed by atoms with Gasteiger partial charge in [0.1, 0.15) is 12.0 Å². The Balaban J connectivity index is 2.11. The normalized spacial score (nSPS) is 18.8. The Hall–Kier alpha value is -1.69. The second-order valence-electron chi connectivity index (χ2n) is 5.17. The predicted molar refractivity (Wildman–Crippen MR) is 74.4 cm³/mol. The molecule has 1 aromatic heterocycles. The molecule has 0 spiro atoms. The summed E-state index contributed by atoms with van der Waals surface area (Å²) < 4.78 is 0. The predicted octanol–water partition coefficient (Wildman–Crippen LogP) is 1.96. The molecule has 0 aliphatic carbocycles. The van der Waals surface area contributed by atoms with Gasteiger partial charge >= 0.3 is 0 Å². The molecule has 1 unspecified atom stereocenters. The Morgan fingerprint density at radius 2 is 2.37 bits per heavy atom. The Bertz CT molecular complexity index is 427. The van der Waals surface area contributed by atoms with E-state index in [0.29, 0.717) is 12.1 Å². The van der Waals surface area contributed by atoms with Crippen molar-refractivity contribution in [2.75, 3.05) is 18.0 Å². The average molecular weight is 264 g/mol. The van der Waals surface area contributed by atoms with Crippen molar-refractivity contribution >= 4 is 11.5 Å². The van der Waals surface area contributed by atoms with Crippen molar-refractivity contribution in [2.24, 2.45) is 0 Å². The van der Waals surface area contributed by atoms with Crippen molar-refractivity contribution in [2.45, 2.75) is 38.8 Å². The molecule has 2 heterocycles. The van der Waals surface area contributed by atoms with Gasteiger partial charge in [-0.15, -0.1) is 0 Å². The fourth-order valence-electron chi connectivity index (χ4n) is 2.38. The van der Waals surface area contributed by atoms with Gasteiger partial charge in [0, 0.05) is 24.7 Å². The molecule has 6 nitrogen and oxygen atoms in total. The van der Waals surface area contributed by atoms with Crippen LogP contribution in [0.25, 0.3) is 0 Å². The third-order valence-corrected chi connectivity index (χ3v) is 3.44. The largest absolute Gasteiger partial charge is 0.353 e. The second-order valence-corrected chi connectivity index (χ2v) is 5.17. The Kier molecular flexibility index (Phi) is 4.31. The van der Waals surface area contributed by atoms with Crippen molar-refractivity contribution in [3.63, 3.8) is 0 Å². The van der Waals surface area contributed by atoms with Crippen LogP contribution >= 0.6 is 0 Å². The first-order valence-corrected chi connectivity index (χ1v) is 6.68. The minimum absolute atomic E-state index is 0.0337. The maximum atomic E-state index is 10.6. The van der Waals surface area contributed by atoms with Gasteiger partial charge in [-0.2, -0.15) is 0 Å². The number of hydrogen-bond acceptors (Lipinski definition) is 5. The van der Waals surface area contributed by atoms with E-state index in [1.54, 1.807) is 6.07 Å². The fourth-order valence-corrected chi connectivity index (χ4v) is 2.38. The zero-order chi connectivity index (χ0) is 13.8. The third kappa shape index (κ3) is 3.41. The number of hydrogen-bond donors (Lipinski definition) is 1. The van der Waals surface area contributed by atoms with Gasteiger partial charge in [0.05, 0.1) is 4.92 Å². The highest BCUT2D eigenvalue weighted by Gasteiger charge is 2.21. The van der Waals surface area contributed by atoms with Gasteiger partial charge in [-0.25, -0.2) is 4.98 Å². The van der Waals surface area contributed by atoms with Crippen LogP contribution in [0.2, 0.25) is 0 Å². The molecule has 0 amide bonds. The lowest BCUT2D eigenvalue weighted by atomic mass is 10.2. The molecule has 1 N–H and O–H groups in total. The number of nitrogens with one attached hydrogen (secondary N) is 1. The summed E-state index contributed by atoms with van der Waals surface area (Å²) in [5.41, 5.74) is 0.0337. The van der Waals surface area contributed by atoms with Crippen molar-refractivity contribution < 1.29 is 4.92 Å². The lowest BCUT2D eigenvalue weighted by Gasteiger charge is -2.30. The van der Waals surface area contributed by atoms with E-state index in [1.807, 2.05) is 0 Å². The van der Waals surface area contributed by atoms with Crippen LogP contribution in [0.15, 0.2) is 18.3 Å². The summed E-state index contributed by atoms with van der Waals surface area (Å²) in [6.07, 6.45) is 3.72. The molecular formula is C13H20N4O2.